The first-order valence-corrected chi connectivity index (χ1v) is 6.92. The molecular formula is C13H21N5O3. The SMILES string of the molecule is CC(C)c1ncc(NN)c(C(=O)N2CCOC(CO)C2)n1. The molecule has 0 saturated carbocycles. The second-order valence-corrected chi connectivity index (χ2v) is 5.22. The zero-order valence-corrected chi connectivity index (χ0v) is 12.2. The summed E-state index contributed by atoms with van der Waals surface area (Å²) < 4.78 is 5.34. The van der Waals surface area contributed by atoms with Crippen molar-refractivity contribution in [3.8, 4) is 0 Å². The molecule has 1 aliphatic rings. The number of carbonyl (C=O) groups is 1. The molecule has 0 aromatic carbocycles. The number of morpholine rings is 1. The lowest BCUT2D eigenvalue weighted by Crippen LogP contribution is -2.47. The average molecular weight is 295 g/mol. The Kier molecular flexibility index (Phi) is 5.05. The number of nitrogens with one attached hydrogen (secondary N) is 1. The molecule has 0 spiro atoms. The van der Waals surface area contributed by atoms with E-state index in [-0.39, 0.29) is 30.2 Å². The third kappa shape index (κ3) is 3.46. The molecule has 8 nitrogen and oxygen atoms in total. The van der Waals surface area contributed by atoms with Crippen LogP contribution in [0.1, 0.15) is 36.1 Å². The van der Waals surface area contributed by atoms with Crippen LogP contribution in [0.25, 0.3) is 0 Å². The molecule has 1 fully saturated rings. The number of amides is 1. The molecule has 4 N–H and O–H groups in total. The molecule has 1 atom stereocenters. The van der Waals surface area contributed by atoms with Crippen molar-refractivity contribution in [3.05, 3.63) is 17.7 Å². The van der Waals surface area contributed by atoms with Gasteiger partial charge in [0.05, 0.1) is 31.2 Å². The van der Waals surface area contributed by atoms with E-state index < -0.39 is 0 Å². The van der Waals surface area contributed by atoms with Crippen LogP contribution >= 0.6 is 0 Å². The van der Waals surface area contributed by atoms with Crippen LogP contribution in [-0.2, 0) is 4.74 Å². The summed E-state index contributed by atoms with van der Waals surface area (Å²) in [6.07, 6.45) is 1.16. The maximum atomic E-state index is 12.6. The minimum absolute atomic E-state index is 0.109. The molecule has 2 rings (SSSR count). The number of aromatic nitrogens is 2. The van der Waals surface area contributed by atoms with Crippen LogP contribution in [-0.4, -0.2) is 58.3 Å². The van der Waals surface area contributed by atoms with E-state index in [0.717, 1.165) is 0 Å². The van der Waals surface area contributed by atoms with Gasteiger partial charge in [0.15, 0.2) is 5.69 Å². The quantitative estimate of drug-likeness (QED) is 0.517. The van der Waals surface area contributed by atoms with E-state index in [0.29, 0.717) is 31.2 Å². The third-order valence-electron chi connectivity index (χ3n) is 3.31. The van der Waals surface area contributed by atoms with Crippen molar-refractivity contribution in [3.63, 3.8) is 0 Å². The van der Waals surface area contributed by atoms with E-state index in [1.165, 1.54) is 6.20 Å². The van der Waals surface area contributed by atoms with Gasteiger partial charge in [0.1, 0.15) is 5.82 Å². The number of hydrogen-bond acceptors (Lipinski definition) is 7. The molecule has 1 unspecified atom stereocenters. The van der Waals surface area contributed by atoms with Gasteiger partial charge in [-0.3, -0.25) is 10.6 Å². The van der Waals surface area contributed by atoms with Crippen LogP contribution < -0.4 is 11.3 Å². The Balaban J connectivity index is 2.26. The van der Waals surface area contributed by atoms with Gasteiger partial charge in [0.2, 0.25) is 0 Å². The normalized spacial score (nSPS) is 18.9. The topological polar surface area (TPSA) is 114 Å². The van der Waals surface area contributed by atoms with E-state index in [9.17, 15) is 4.79 Å². The molecule has 0 bridgehead atoms. The predicted octanol–water partition coefficient (Wildman–Crippen LogP) is -0.281. The van der Waals surface area contributed by atoms with Crippen LogP contribution in [0, 0.1) is 0 Å². The number of carbonyl (C=O) groups excluding carboxylic acids is 1. The van der Waals surface area contributed by atoms with Gasteiger partial charge in [-0.05, 0) is 0 Å². The van der Waals surface area contributed by atoms with Crippen molar-refractivity contribution in [2.75, 3.05) is 31.7 Å². The largest absolute Gasteiger partial charge is 0.394 e. The Morgan fingerprint density at radius 3 is 3.05 bits per heavy atom. The molecule has 1 aliphatic heterocycles. The maximum Gasteiger partial charge on any atom is 0.274 e. The van der Waals surface area contributed by atoms with Crippen LogP contribution in [0.2, 0.25) is 0 Å². The van der Waals surface area contributed by atoms with Crippen LogP contribution in [0.15, 0.2) is 6.20 Å². The summed E-state index contributed by atoms with van der Waals surface area (Å²) in [6, 6.07) is 0. The van der Waals surface area contributed by atoms with E-state index in [2.05, 4.69) is 15.4 Å². The number of aliphatic hydroxyl groups excluding tert-OH is 1. The minimum atomic E-state index is -0.358. The fourth-order valence-electron chi connectivity index (χ4n) is 2.11. The fourth-order valence-corrected chi connectivity index (χ4v) is 2.11. The number of hydrazine groups is 1. The Bertz CT molecular complexity index is 509. The fraction of sp³-hybridized carbons (Fsp3) is 0.615. The van der Waals surface area contributed by atoms with Gasteiger partial charge in [-0.1, -0.05) is 13.8 Å². The number of hydrogen-bond donors (Lipinski definition) is 3. The number of aliphatic hydroxyl groups is 1. The van der Waals surface area contributed by atoms with E-state index in [4.69, 9.17) is 15.7 Å². The number of nitrogen functional groups attached to an aromatic ring is 1. The van der Waals surface area contributed by atoms with Gasteiger partial charge >= 0.3 is 0 Å². The van der Waals surface area contributed by atoms with Crippen molar-refractivity contribution in [2.24, 2.45) is 5.84 Å². The molecule has 1 aromatic heterocycles. The molecule has 0 aliphatic carbocycles. The Morgan fingerprint density at radius 2 is 2.43 bits per heavy atom. The smallest absolute Gasteiger partial charge is 0.274 e. The van der Waals surface area contributed by atoms with E-state index in [1.54, 1.807) is 4.90 Å². The second kappa shape index (κ2) is 6.79. The highest BCUT2D eigenvalue weighted by Crippen LogP contribution is 2.18. The molecular weight excluding hydrogens is 274 g/mol. The highest BCUT2D eigenvalue weighted by molar-refractivity contribution is 5.97. The molecule has 0 radical (unpaired) electrons. The maximum absolute atomic E-state index is 12.6. The van der Waals surface area contributed by atoms with Gasteiger partial charge in [0, 0.05) is 19.0 Å². The third-order valence-corrected chi connectivity index (χ3v) is 3.31. The average Bonchev–Trinajstić information content (AvgIpc) is 2.53. The zero-order valence-electron chi connectivity index (χ0n) is 12.2. The van der Waals surface area contributed by atoms with Gasteiger partial charge < -0.3 is 20.2 Å². The second-order valence-electron chi connectivity index (χ2n) is 5.22. The summed E-state index contributed by atoms with van der Waals surface area (Å²) in [5.41, 5.74) is 3.08. The summed E-state index contributed by atoms with van der Waals surface area (Å²) >= 11 is 0. The number of nitrogens with two attached hydrogens (primary N) is 1. The lowest BCUT2D eigenvalue weighted by atomic mass is 10.2. The molecule has 2 heterocycles. The first-order chi connectivity index (χ1) is 10.1. The number of nitrogens with zero attached hydrogens (tertiary/aromatic N) is 3. The highest BCUT2D eigenvalue weighted by Gasteiger charge is 2.27. The number of anilines is 1. The summed E-state index contributed by atoms with van der Waals surface area (Å²) in [4.78, 5) is 22.7. The zero-order chi connectivity index (χ0) is 15.4. The molecule has 1 saturated heterocycles. The summed E-state index contributed by atoms with van der Waals surface area (Å²) in [5.74, 6) is 5.89. The molecule has 116 valence electrons. The van der Waals surface area contributed by atoms with Crippen molar-refractivity contribution in [2.45, 2.75) is 25.9 Å². The Morgan fingerprint density at radius 1 is 1.67 bits per heavy atom. The predicted molar refractivity (Wildman–Crippen MR) is 76.7 cm³/mol. The first-order valence-electron chi connectivity index (χ1n) is 6.92. The van der Waals surface area contributed by atoms with Crippen LogP contribution in [0.5, 0.6) is 0 Å². The molecule has 8 heteroatoms. The van der Waals surface area contributed by atoms with Gasteiger partial charge in [0.25, 0.3) is 5.91 Å². The number of rotatable bonds is 4. The standard InChI is InChI=1S/C13H21N5O3/c1-8(2)12-15-5-10(17-14)11(16-12)13(20)18-3-4-21-9(6-18)7-19/h5,8-9,17,19H,3-4,6-7,14H2,1-2H3. The highest BCUT2D eigenvalue weighted by atomic mass is 16.5. The van der Waals surface area contributed by atoms with Crippen LogP contribution in [0.3, 0.4) is 0 Å². The van der Waals surface area contributed by atoms with Gasteiger partial charge in [-0.2, -0.15) is 0 Å². The van der Waals surface area contributed by atoms with Crippen molar-refractivity contribution < 1.29 is 14.6 Å². The Hall–Kier alpha value is -1.77. The molecule has 21 heavy (non-hydrogen) atoms. The first kappa shape index (κ1) is 15.6. The summed E-state index contributed by atoms with van der Waals surface area (Å²) in [5, 5.41) is 9.16. The summed E-state index contributed by atoms with van der Waals surface area (Å²) in [7, 11) is 0. The monoisotopic (exact) mass is 295 g/mol. The van der Waals surface area contributed by atoms with Gasteiger partial charge in [-0.25, -0.2) is 9.97 Å². The lowest BCUT2D eigenvalue weighted by Gasteiger charge is -2.32. The van der Waals surface area contributed by atoms with Crippen LogP contribution in [0.4, 0.5) is 5.69 Å². The van der Waals surface area contributed by atoms with E-state index in [1.807, 2.05) is 13.8 Å². The van der Waals surface area contributed by atoms with Gasteiger partial charge in [-0.15, -0.1) is 0 Å². The molecule has 1 amide bonds. The van der Waals surface area contributed by atoms with E-state index >= 15 is 0 Å². The van der Waals surface area contributed by atoms with Crippen molar-refractivity contribution in [1.29, 1.82) is 0 Å². The number of ether oxygens (including phenoxy) is 1. The Labute approximate surface area is 123 Å². The van der Waals surface area contributed by atoms with Crippen molar-refractivity contribution >= 4 is 11.6 Å². The minimum Gasteiger partial charge on any atom is -0.394 e. The summed E-state index contributed by atoms with van der Waals surface area (Å²) in [6.45, 7) is 4.98. The van der Waals surface area contributed by atoms with Crippen molar-refractivity contribution in [1.82, 2.24) is 14.9 Å². The lowest BCUT2D eigenvalue weighted by molar-refractivity contribution is -0.0448. The molecule has 1 aromatic rings.